The number of aromatic nitrogens is 3. The maximum atomic E-state index is 14.7. The van der Waals surface area contributed by atoms with E-state index in [0.717, 1.165) is 38.6 Å². The zero-order valence-corrected chi connectivity index (χ0v) is 25.4. The van der Waals surface area contributed by atoms with E-state index in [1.165, 1.54) is 15.7 Å². The van der Waals surface area contributed by atoms with E-state index in [2.05, 4.69) is 85.1 Å². The summed E-state index contributed by atoms with van der Waals surface area (Å²) in [6.45, 7) is 4.40. The first kappa shape index (κ1) is 26.5. The Balaban J connectivity index is 1.33. The van der Waals surface area contributed by atoms with E-state index in [1.807, 2.05) is 66.7 Å². The molecule has 0 radical (unpaired) electrons. The van der Waals surface area contributed by atoms with E-state index in [0.29, 0.717) is 22.3 Å². The number of nitrogens with zero attached hydrogens (tertiary/aromatic N) is 3. The van der Waals surface area contributed by atoms with Crippen LogP contribution in [0.25, 0.3) is 60.9 Å². The quantitative estimate of drug-likeness (QED) is 0.206. The monoisotopic (exact) mass is 595 g/mol. The lowest BCUT2D eigenvalue weighted by molar-refractivity contribution is 0.659. The molecule has 0 saturated heterocycles. The van der Waals surface area contributed by atoms with E-state index >= 15 is 0 Å². The lowest BCUT2D eigenvalue weighted by Gasteiger charge is -2.22. The fraction of sp³-hybridized carbons (Fsp3) is 0.0732. The largest absolute Gasteiger partial charge is 0.340 e. The van der Waals surface area contributed by atoms with Gasteiger partial charge in [0.1, 0.15) is 0 Å². The highest BCUT2D eigenvalue weighted by Crippen LogP contribution is 2.48. The summed E-state index contributed by atoms with van der Waals surface area (Å²) in [4.78, 5) is 28.8. The van der Waals surface area contributed by atoms with Crippen LogP contribution in [0.2, 0.25) is 0 Å². The molecule has 0 N–H and O–H groups in total. The first-order valence-electron chi connectivity index (χ1n) is 15.5. The van der Waals surface area contributed by atoms with Gasteiger partial charge in [0.05, 0.1) is 33.3 Å². The molecule has 0 unspecified atom stereocenters. The average molecular weight is 596 g/mol. The van der Waals surface area contributed by atoms with Gasteiger partial charge in [0, 0.05) is 21.9 Å². The van der Waals surface area contributed by atoms with Gasteiger partial charge in [0.15, 0.2) is 0 Å². The molecule has 1 aliphatic carbocycles. The van der Waals surface area contributed by atoms with Gasteiger partial charge in [-0.05, 0) is 76.9 Å². The van der Waals surface area contributed by atoms with E-state index in [-0.39, 0.29) is 11.0 Å². The summed E-state index contributed by atoms with van der Waals surface area (Å²) >= 11 is 0. The highest BCUT2D eigenvalue weighted by atomic mass is 16.2. The Morgan fingerprint density at radius 3 is 1.83 bits per heavy atom. The summed E-state index contributed by atoms with van der Waals surface area (Å²) < 4.78 is 5.24. The van der Waals surface area contributed by atoms with Gasteiger partial charge in [-0.3, -0.25) is 9.36 Å². The van der Waals surface area contributed by atoms with Crippen LogP contribution in [0.1, 0.15) is 25.0 Å². The molecular weight excluding hydrogens is 566 g/mol. The molecule has 0 aliphatic heterocycles. The molecule has 5 nitrogen and oxygen atoms in total. The normalized spacial score (nSPS) is 13.3. The lowest BCUT2D eigenvalue weighted by atomic mass is 9.82. The fourth-order valence-corrected chi connectivity index (χ4v) is 7.52. The second kappa shape index (κ2) is 9.53. The van der Waals surface area contributed by atoms with Crippen molar-refractivity contribution in [2.75, 3.05) is 0 Å². The number of rotatable bonds is 3. The highest BCUT2D eigenvalue weighted by molar-refractivity contribution is 6.09. The molecule has 5 heteroatoms. The van der Waals surface area contributed by atoms with Crippen LogP contribution in [-0.2, 0) is 5.41 Å². The third-order valence-electron chi connectivity index (χ3n) is 9.72. The molecule has 9 rings (SSSR count). The van der Waals surface area contributed by atoms with Crippen molar-refractivity contribution in [2.45, 2.75) is 19.3 Å². The Bertz CT molecular complexity index is 2660. The first-order valence-corrected chi connectivity index (χ1v) is 15.5. The van der Waals surface area contributed by atoms with Crippen LogP contribution in [0.4, 0.5) is 0 Å². The third-order valence-corrected chi connectivity index (χ3v) is 9.72. The molecule has 220 valence electrons. The SMILES string of the molecule is CC1(C)c2ccccc2-c2ccc(-n3c(=O)c4ccccc4n(-c4ccc5c6ccccc6n(-c6ccccc6)c5c4)c3=O)cc21. The number of hydrogen-bond acceptors (Lipinski definition) is 2. The van der Waals surface area contributed by atoms with Crippen molar-refractivity contribution >= 4 is 32.7 Å². The molecule has 0 atom stereocenters. The Morgan fingerprint density at radius 1 is 0.435 bits per heavy atom. The number of para-hydroxylation sites is 3. The molecule has 0 amide bonds. The van der Waals surface area contributed by atoms with Gasteiger partial charge in [-0.15, -0.1) is 0 Å². The summed E-state index contributed by atoms with van der Waals surface area (Å²) in [5.41, 5.74) is 8.61. The summed E-state index contributed by atoms with van der Waals surface area (Å²) in [6.07, 6.45) is 0. The zero-order valence-electron chi connectivity index (χ0n) is 25.4. The Labute approximate surface area is 264 Å². The number of hydrogen-bond donors (Lipinski definition) is 0. The van der Waals surface area contributed by atoms with Crippen LogP contribution >= 0.6 is 0 Å². The molecular formula is C41H29N3O2. The van der Waals surface area contributed by atoms with Crippen LogP contribution in [0.15, 0.2) is 149 Å². The minimum atomic E-state index is -0.404. The summed E-state index contributed by atoms with van der Waals surface area (Å²) in [6, 6.07) is 46.5. The first-order chi connectivity index (χ1) is 22.4. The lowest BCUT2D eigenvalue weighted by Crippen LogP contribution is -2.38. The maximum absolute atomic E-state index is 14.7. The molecule has 1 aliphatic rings. The molecule has 6 aromatic carbocycles. The summed E-state index contributed by atoms with van der Waals surface area (Å²) in [5.74, 6) is 0. The van der Waals surface area contributed by atoms with Gasteiger partial charge < -0.3 is 4.57 Å². The van der Waals surface area contributed by atoms with Crippen molar-refractivity contribution in [3.05, 3.63) is 171 Å². The second-order valence-electron chi connectivity index (χ2n) is 12.6. The molecule has 0 spiro atoms. The van der Waals surface area contributed by atoms with Crippen LogP contribution in [-0.4, -0.2) is 13.7 Å². The van der Waals surface area contributed by atoms with E-state index in [1.54, 1.807) is 10.6 Å². The van der Waals surface area contributed by atoms with E-state index in [9.17, 15) is 9.59 Å². The minimum Gasteiger partial charge on any atom is -0.309 e. The van der Waals surface area contributed by atoms with Gasteiger partial charge in [0.25, 0.3) is 5.56 Å². The van der Waals surface area contributed by atoms with E-state index < -0.39 is 5.69 Å². The van der Waals surface area contributed by atoms with E-state index in [4.69, 9.17) is 0 Å². The predicted octanol–water partition coefficient (Wildman–Crippen LogP) is 8.55. The minimum absolute atomic E-state index is 0.267. The maximum Gasteiger partial charge on any atom is 0.340 e. The van der Waals surface area contributed by atoms with Crippen molar-refractivity contribution < 1.29 is 0 Å². The van der Waals surface area contributed by atoms with Crippen molar-refractivity contribution in [3.8, 4) is 28.2 Å². The smallest absolute Gasteiger partial charge is 0.309 e. The standard InChI is InChI=1S/C41H29N3O2/c1-41(2)34-17-9-6-14-29(34)30-22-20-27(24-35(30)41)44-39(45)33-16-8-11-19-37(33)43(40(44)46)28-21-23-32-31-15-7-10-18-36(31)42(38(32)25-28)26-12-4-3-5-13-26/h3-25H,1-2H3. The molecule has 0 saturated carbocycles. The molecule has 2 aromatic heterocycles. The molecule has 46 heavy (non-hydrogen) atoms. The highest BCUT2D eigenvalue weighted by Gasteiger charge is 2.35. The van der Waals surface area contributed by atoms with Gasteiger partial charge in [0.2, 0.25) is 0 Å². The van der Waals surface area contributed by atoms with Gasteiger partial charge in [-0.2, -0.15) is 0 Å². The van der Waals surface area contributed by atoms with Crippen LogP contribution < -0.4 is 11.2 Å². The zero-order chi connectivity index (χ0) is 31.2. The van der Waals surface area contributed by atoms with Gasteiger partial charge in [-0.1, -0.05) is 98.8 Å². The summed E-state index contributed by atoms with van der Waals surface area (Å²) in [7, 11) is 0. The third kappa shape index (κ3) is 3.57. The number of benzene rings is 6. The Morgan fingerprint density at radius 2 is 1.02 bits per heavy atom. The molecule has 2 heterocycles. The van der Waals surface area contributed by atoms with Crippen molar-refractivity contribution in [1.29, 1.82) is 0 Å². The predicted molar refractivity (Wildman–Crippen MR) is 187 cm³/mol. The van der Waals surface area contributed by atoms with Crippen molar-refractivity contribution in [1.82, 2.24) is 13.7 Å². The number of fused-ring (bicyclic) bond motifs is 7. The molecule has 0 fully saturated rings. The van der Waals surface area contributed by atoms with Crippen LogP contribution in [0.5, 0.6) is 0 Å². The molecule has 8 aromatic rings. The second-order valence-corrected chi connectivity index (χ2v) is 12.6. The average Bonchev–Trinajstić information content (AvgIpc) is 3.53. The Kier molecular flexibility index (Phi) is 5.48. The van der Waals surface area contributed by atoms with Gasteiger partial charge >= 0.3 is 5.69 Å². The molecule has 0 bridgehead atoms. The Hall–Kier alpha value is -5.94. The topological polar surface area (TPSA) is 48.9 Å². The van der Waals surface area contributed by atoms with Crippen LogP contribution in [0, 0.1) is 0 Å². The van der Waals surface area contributed by atoms with Gasteiger partial charge in [-0.25, -0.2) is 9.36 Å². The van der Waals surface area contributed by atoms with Crippen LogP contribution in [0.3, 0.4) is 0 Å². The fourth-order valence-electron chi connectivity index (χ4n) is 7.52. The van der Waals surface area contributed by atoms with Crippen molar-refractivity contribution in [3.63, 3.8) is 0 Å². The summed E-state index contributed by atoms with van der Waals surface area (Å²) in [5, 5.41) is 2.71. The van der Waals surface area contributed by atoms with Crippen molar-refractivity contribution in [2.24, 2.45) is 0 Å².